The second kappa shape index (κ2) is 31.3. The predicted molar refractivity (Wildman–Crippen MR) is 321 cm³/mol. The molecule has 2 aliphatic heterocycles. The molecule has 0 N–H and O–H groups in total. The number of hydrogen-bond donors (Lipinski definition) is 0. The van der Waals surface area contributed by atoms with Gasteiger partial charge in [-0.25, -0.2) is 9.59 Å². The van der Waals surface area contributed by atoms with E-state index in [0.29, 0.717) is 25.8 Å². The Hall–Kier alpha value is -2.67. The van der Waals surface area contributed by atoms with Gasteiger partial charge in [-0.3, -0.25) is 28.8 Å². The summed E-state index contributed by atoms with van der Waals surface area (Å²) in [6.07, 6.45) is -14.5. The van der Waals surface area contributed by atoms with E-state index in [0.717, 1.165) is 9.13 Å². The van der Waals surface area contributed by atoms with E-state index >= 15 is 0 Å². The molecule has 2 aromatic rings. The minimum atomic E-state index is -2.73. The topological polar surface area (TPSA) is 257 Å². The number of aryl methyl sites for hydroxylation is 1. The molecule has 79 heavy (non-hydrogen) atoms. The zero-order chi connectivity index (χ0) is 59.4. The van der Waals surface area contributed by atoms with Crippen LogP contribution in [0.4, 0.5) is 0 Å². The van der Waals surface area contributed by atoms with Crippen LogP contribution in [0.25, 0.3) is 0 Å². The van der Waals surface area contributed by atoms with Crippen LogP contribution in [0, 0.1) is 60.3 Å². The lowest BCUT2D eigenvalue weighted by Gasteiger charge is -2.47. The fourth-order valence-electron chi connectivity index (χ4n) is 7.11. The van der Waals surface area contributed by atoms with Gasteiger partial charge in [-0.2, -0.15) is 0 Å². The highest BCUT2D eigenvalue weighted by Gasteiger charge is 2.65. The van der Waals surface area contributed by atoms with E-state index in [9.17, 15) is 38.4 Å². The van der Waals surface area contributed by atoms with Crippen molar-refractivity contribution in [2.24, 2.45) is 35.5 Å². The van der Waals surface area contributed by atoms with Gasteiger partial charge in [0.15, 0.2) is 43.7 Å². The first-order valence-electron chi connectivity index (χ1n) is 25.2. The third kappa shape index (κ3) is 19.7. The van der Waals surface area contributed by atoms with E-state index in [1.807, 2.05) is 31.2 Å². The molecule has 2 aliphatic rings. The van der Waals surface area contributed by atoms with Gasteiger partial charge in [0.1, 0.15) is 43.5 Å². The van der Waals surface area contributed by atoms with E-state index in [1.165, 1.54) is 55.4 Å². The Balaban J connectivity index is 2.00. The number of hydrogen-bond acceptors (Lipinski definition) is 21. The van der Waals surface area contributed by atoms with Crippen molar-refractivity contribution in [3.63, 3.8) is 0 Å². The van der Waals surface area contributed by atoms with Crippen LogP contribution in [0.5, 0.6) is 11.5 Å². The molecular formula is C53H67I5O21. The summed E-state index contributed by atoms with van der Waals surface area (Å²) >= 11 is 10.4. The van der Waals surface area contributed by atoms with E-state index in [4.69, 9.17) is 61.6 Å². The molecule has 21 nitrogen and oxygen atoms in total. The molecule has 0 saturated carbocycles. The summed E-state index contributed by atoms with van der Waals surface area (Å²) in [5.74, 6) is -13.7. The second-order valence-corrected chi connectivity index (χ2v) is 26.2. The average molecular weight is 1670 g/mol. The quantitative estimate of drug-likeness (QED) is 0.0513. The van der Waals surface area contributed by atoms with Crippen molar-refractivity contribution in [2.75, 3.05) is 33.0 Å². The molecule has 26 heteroatoms. The van der Waals surface area contributed by atoms with Gasteiger partial charge in [0.2, 0.25) is 12.1 Å². The summed E-state index contributed by atoms with van der Waals surface area (Å²) in [6, 6.07) is 7.37. The highest BCUT2D eigenvalue weighted by Crippen LogP contribution is 2.43. The van der Waals surface area contributed by atoms with Crippen LogP contribution in [-0.2, 0) is 90.5 Å². The van der Waals surface area contributed by atoms with Crippen molar-refractivity contribution in [1.29, 1.82) is 0 Å². The van der Waals surface area contributed by atoms with Crippen molar-refractivity contribution < 1.29 is 99.9 Å². The molecule has 0 radical (unpaired) electrons. The Labute approximate surface area is 528 Å². The van der Waals surface area contributed by atoms with Crippen LogP contribution in [-0.4, -0.2) is 136 Å². The Kier molecular flexibility index (Phi) is 27.3. The fourth-order valence-corrected chi connectivity index (χ4v) is 13.4. The fraction of sp³-hybridized carbons (Fsp3) is 0.623. The number of benzene rings is 2. The highest BCUT2D eigenvalue weighted by molar-refractivity contribution is 14.1. The maximum absolute atomic E-state index is 14.4. The van der Waals surface area contributed by atoms with E-state index in [-0.39, 0.29) is 0 Å². The second-order valence-electron chi connectivity index (χ2n) is 20.3. The summed E-state index contributed by atoms with van der Waals surface area (Å²) in [7, 11) is 0. The summed E-state index contributed by atoms with van der Waals surface area (Å²) in [6.45, 7) is 16.5. The van der Waals surface area contributed by atoms with Gasteiger partial charge in [-0.05, 0) is 150 Å². The summed E-state index contributed by atoms with van der Waals surface area (Å²) in [4.78, 5) is 110. The minimum Gasteiger partial charge on any atom is -0.480 e. The molecule has 9 atom stereocenters. The molecule has 4 rings (SSSR count). The Morgan fingerprint density at radius 3 is 1.37 bits per heavy atom. The number of ether oxygens (including phenoxy) is 13. The SMILES string of the molecule is Cc1cc(I)c(OCC(=O)O[C@H]2[C@H](OC(=O)C(C)C)[C@@H](COC(=O)COc3c(I)cc(I)cc3I)O[C@@]2(COC(=O)C(C)C)O[C@H]2O[C@H](COC(=O)C(C)C)[C@@H](OC(=O)C(C)C)[C@H](OC(=O)C(C)C)[C@H]2OC(=O)C(C)C)c(I)c1. The normalized spacial score (nSPS) is 22.9. The predicted octanol–water partition coefficient (Wildman–Crippen LogP) is 8.44. The lowest BCUT2D eigenvalue weighted by molar-refractivity contribution is -0.385. The first-order valence-corrected chi connectivity index (χ1v) is 30.6. The molecule has 0 amide bonds. The molecule has 0 spiro atoms. The molecule has 440 valence electrons. The van der Waals surface area contributed by atoms with E-state index in [1.54, 1.807) is 27.7 Å². The van der Waals surface area contributed by atoms with Crippen molar-refractivity contribution in [3.8, 4) is 11.5 Å². The highest BCUT2D eigenvalue weighted by atomic mass is 127. The number of carbonyl (C=O) groups excluding carboxylic acids is 8. The molecule has 0 bridgehead atoms. The van der Waals surface area contributed by atoms with E-state index < -0.39 is 171 Å². The largest absolute Gasteiger partial charge is 0.480 e. The smallest absolute Gasteiger partial charge is 0.344 e. The molecule has 0 aromatic heterocycles. The van der Waals surface area contributed by atoms with Gasteiger partial charge >= 0.3 is 47.8 Å². The Morgan fingerprint density at radius 1 is 0.481 bits per heavy atom. The average Bonchev–Trinajstić information content (AvgIpc) is 3.94. The molecule has 2 fully saturated rings. The zero-order valence-corrected chi connectivity index (χ0v) is 56.7. The lowest BCUT2D eigenvalue weighted by Crippen LogP contribution is -2.66. The monoisotopic (exact) mass is 1670 g/mol. The maximum atomic E-state index is 14.4. The van der Waals surface area contributed by atoms with Gasteiger partial charge in [0, 0.05) is 3.57 Å². The van der Waals surface area contributed by atoms with Crippen molar-refractivity contribution in [2.45, 2.75) is 145 Å². The van der Waals surface area contributed by atoms with Crippen LogP contribution in [0.2, 0.25) is 0 Å². The van der Waals surface area contributed by atoms with Crippen LogP contribution in [0.3, 0.4) is 0 Å². The van der Waals surface area contributed by atoms with Gasteiger partial charge in [-0.1, -0.05) is 83.1 Å². The van der Waals surface area contributed by atoms with Crippen LogP contribution >= 0.6 is 113 Å². The molecule has 2 heterocycles. The first kappa shape index (κ1) is 68.8. The minimum absolute atomic E-state index is 0.341. The Bertz CT molecular complexity index is 2470. The van der Waals surface area contributed by atoms with Crippen LogP contribution < -0.4 is 9.47 Å². The van der Waals surface area contributed by atoms with E-state index in [2.05, 4.69) is 113 Å². The zero-order valence-electron chi connectivity index (χ0n) is 45.9. The summed E-state index contributed by atoms with van der Waals surface area (Å²) in [5.41, 5.74) is 0.922. The standard InChI is InChI=1S/C53H67I5O21/c1-23(2)46(61)70-18-35-41(74-48(63)25(5)6)43(76-50(65)27(9)10)44(77-51(66)28(11)12)52(72-35)79-53(22-71-47(62)24(3)4)45(73-38(60)21-69-39-31(55)14-29(13)15-32(39)56)42(75-49(64)26(7)8)36(78-53)19-67-37(59)20-68-40-33(57)16-30(54)17-34(40)58/h14-17,23-28,35-36,41-45,52H,18-22H2,1-13H3/t35-,36-,41-,42-,43+,44-,45+,52-,53+/m1/s1. The summed E-state index contributed by atoms with van der Waals surface area (Å²) in [5, 5.41) is 0. The molecular weight excluding hydrogens is 1610 g/mol. The van der Waals surface area contributed by atoms with Crippen LogP contribution in [0.1, 0.15) is 88.6 Å². The summed E-state index contributed by atoms with van der Waals surface area (Å²) < 4.78 is 83.4. The molecule has 0 unspecified atom stereocenters. The van der Waals surface area contributed by atoms with Crippen molar-refractivity contribution in [1.82, 2.24) is 0 Å². The molecule has 0 aliphatic carbocycles. The van der Waals surface area contributed by atoms with Crippen molar-refractivity contribution in [3.05, 3.63) is 47.7 Å². The van der Waals surface area contributed by atoms with Crippen molar-refractivity contribution >= 4 is 161 Å². The maximum Gasteiger partial charge on any atom is 0.344 e. The van der Waals surface area contributed by atoms with Gasteiger partial charge < -0.3 is 61.6 Å². The third-order valence-corrected chi connectivity index (χ3v) is 15.3. The molecule has 2 aromatic carbocycles. The first-order chi connectivity index (χ1) is 36.8. The third-order valence-electron chi connectivity index (χ3n) is 11.4. The molecule has 2 saturated heterocycles. The van der Waals surface area contributed by atoms with Gasteiger partial charge in [0.05, 0.1) is 49.8 Å². The van der Waals surface area contributed by atoms with Gasteiger partial charge in [0.25, 0.3) is 0 Å². The number of carbonyl (C=O) groups is 8. The number of halogens is 5. The number of esters is 8. The Morgan fingerprint density at radius 2 is 0.886 bits per heavy atom. The van der Waals surface area contributed by atoms with Gasteiger partial charge in [-0.15, -0.1) is 0 Å². The van der Waals surface area contributed by atoms with Crippen LogP contribution in [0.15, 0.2) is 24.3 Å². The lowest BCUT2D eigenvalue weighted by atomic mass is 9.96. The number of rotatable bonds is 25.